The zero-order chi connectivity index (χ0) is 14.9. The van der Waals surface area contributed by atoms with E-state index in [2.05, 4.69) is 33.9 Å². The minimum Gasteiger partial charge on any atom is -0.369 e. The minimum atomic E-state index is -3.45. The van der Waals surface area contributed by atoms with E-state index in [1.807, 2.05) is 12.1 Å². The second kappa shape index (κ2) is 5.50. The lowest BCUT2D eigenvalue weighted by Crippen LogP contribution is -2.48. The van der Waals surface area contributed by atoms with E-state index in [0.29, 0.717) is 26.2 Å². The van der Waals surface area contributed by atoms with Gasteiger partial charge in [0, 0.05) is 31.9 Å². The van der Waals surface area contributed by atoms with Gasteiger partial charge in [0.25, 0.3) is 10.0 Å². The first kappa shape index (κ1) is 14.1. The molecule has 2 heterocycles. The van der Waals surface area contributed by atoms with Crippen LogP contribution in [0.5, 0.6) is 0 Å². The summed E-state index contributed by atoms with van der Waals surface area (Å²) < 4.78 is 26.3. The monoisotopic (exact) mass is 306 g/mol. The number of aromatic amines is 1. The van der Waals surface area contributed by atoms with Crippen LogP contribution in [0.1, 0.15) is 5.56 Å². The molecular formula is C14H18N4O2S. The molecule has 0 spiro atoms. The van der Waals surface area contributed by atoms with E-state index in [4.69, 9.17) is 0 Å². The molecule has 1 aliphatic rings. The zero-order valence-corrected chi connectivity index (χ0v) is 12.7. The number of nitrogens with one attached hydrogen (secondary N) is 1. The summed E-state index contributed by atoms with van der Waals surface area (Å²) in [6.45, 7) is 4.42. The van der Waals surface area contributed by atoms with Crippen LogP contribution in [-0.4, -0.2) is 48.9 Å². The summed E-state index contributed by atoms with van der Waals surface area (Å²) >= 11 is 0. The van der Waals surface area contributed by atoms with Crippen LogP contribution in [0.3, 0.4) is 0 Å². The number of aromatic nitrogens is 2. The molecule has 1 saturated heterocycles. The molecule has 7 heteroatoms. The van der Waals surface area contributed by atoms with E-state index in [1.165, 1.54) is 28.1 Å². The van der Waals surface area contributed by atoms with Gasteiger partial charge in [-0.15, -0.1) is 0 Å². The molecule has 1 fully saturated rings. The van der Waals surface area contributed by atoms with Gasteiger partial charge in [0.1, 0.15) is 0 Å². The smallest absolute Gasteiger partial charge is 0.260 e. The van der Waals surface area contributed by atoms with E-state index < -0.39 is 10.0 Å². The summed E-state index contributed by atoms with van der Waals surface area (Å²) in [4.78, 5) is 8.69. The quantitative estimate of drug-likeness (QED) is 0.926. The molecule has 6 nitrogen and oxygen atoms in total. The molecule has 0 unspecified atom stereocenters. The summed E-state index contributed by atoms with van der Waals surface area (Å²) in [5.41, 5.74) is 2.39. The highest BCUT2D eigenvalue weighted by Crippen LogP contribution is 2.22. The first-order chi connectivity index (χ1) is 10.1. The van der Waals surface area contributed by atoms with Gasteiger partial charge in [-0.3, -0.25) is 0 Å². The van der Waals surface area contributed by atoms with Crippen LogP contribution in [0.4, 0.5) is 5.69 Å². The van der Waals surface area contributed by atoms with E-state index in [1.54, 1.807) is 0 Å². The van der Waals surface area contributed by atoms with Crippen molar-refractivity contribution in [3.8, 4) is 0 Å². The molecule has 21 heavy (non-hydrogen) atoms. The fourth-order valence-corrected chi connectivity index (χ4v) is 3.93. The number of sulfonamides is 1. The lowest BCUT2D eigenvalue weighted by Gasteiger charge is -2.35. The van der Waals surface area contributed by atoms with Gasteiger partial charge < -0.3 is 9.88 Å². The average Bonchev–Trinajstić information content (AvgIpc) is 3.03. The van der Waals surface area contributed by atoms with Crippen molar-refractivity contribution in [2.45, 2.75) is 11.9 Å². The number of hydrogen-bond acceptors (Lipinski definition) is 4. The van der Waals surface area contributed by atoms with E-state index in [0.717, 1.165) is 0 Å². The Balaban J connectivity index is 1.73. The van der Waals surface area contributed by atoms with Crippen molar-refractivity contribution in [2.75, 3.05) is 31.1 Å². The van der Waals surface area contributed by atoms with E-state index in [9.17, 15) is 8.42 Å². The summed E-state index contributed by atoms with van der Waals surface area (Å²) in [6, 6.07) is 8.17. The topological polar surface area (TPSA) is 69.3 Å². The number of aryl methyl sites for hydroxylation is 1. The lowest BCUT2D eigenvalue weighted by atomic mass is 10.1. The number of imidazole rings is 1. The SMILES string of the molecule is Cc1ccccc1N1CCN(S(=O)(=O)c2cnc[nH]2)CC1. The Hall–Kier alpha value is -1.86. The molecule has 0 radical (unpaired) electrons. The summed E-state index contributed by atoms with van der Waals surface area (Å²) in [6.07, 6.45) is 2.74. The standard InChI is InChI=1S/C14H18N4O2S/c1-12-4-2-3-5-13(12)17-6-8-18(9-7-17)21(19,20)14-10-15-11-16-14/h2-5,10-11H,6-9H2,1H3,(H,15,16). The Kier molecular flexibility index (Phi) is 3.69. The summed E-state index contributed by atoms with van der Waals surface area (Å²) in [5.74, 6) is 0. The molecule has 3 rings (SSSR count). The second-order valence-electron chi connectivity index (χ2n) is 5.09. The van der Waals surface area contributed by atoms with Gasteiger partial charge in [-0.1, -0.05) is 18.2 Å². The predicted molar refractivity (Wildman–Crippen MR) is 80.7 cm³/mol. The molecule has 112 valence electrons. The molecule has 2 aromatic rings. The van der Waals surface area contributed by atoms with Gasteiger partial charge in [0.15, 0.2) is 5.03 Å². The number of piperazine rings is 1. The Morgan fingerprint density at radius 2 is 1.86 bits per heavy atom. The third-order valence-corrected chi connectivity index (χ3v) is 5.61. The largest absolute Gasteiger partial charge is 0.369 e. The fourth-order valence-electron chi connectivity index (χ4n) is 2.61. The Bertz CT molecular complexity index is 704. The van der Waals surface area contributed by atoms with Crippen LogP contribution in [-0.2, 0) is 10.0 Å². The zero-order valence-electron chi connectivity index (χ0n) is 11.9. The van der Waals surface area contributed by atoms with E-state index in [-0.39, 0.29) is 5.03 Å². The van der Waals surface area contributed by atoms with Crippen LogP contribution in [0.2, 0.25) is 0 Å². The molecule has 0 saturated carbocycles. The number of rotatable bonds is 3. The number of anilines is 1. The van der Waals surface area contributed by atoms with E-state index >= 15 is 0 Å². The van der Waals surface area contributed by atoms with Gasteiger partial charge in [-0.05, 0) is 18.6 Å². The van der Waals surface area contributed by atoms with Gasteiger partial charge in [0.2, 0.25) is 0 Å². The summed E-state index contributed by atoms with van der Waals surface area (Å²) in [5, 5.41) is 0.159. The van der Waals surface area contributed by atoms with Crippen molar-refractivity contribution in [1.82, 2.24) is 14.3 Å². The van der Waals surface area contributed by atoms with Crippen molar-refractivity contribution in [2.24, 2.45) is 0 Å². The van der Waals surface area contributed by atoms with Crippen LogP contribution in [0, 0.1) is 6.92 Å². The second-order valence-corrected chi connectivity index (χ2v) is 7.00. The number of para-hydroxylation sites is 1. The number of nitrogens with zero attached hydrogens (tertiary/aromatic N) is 3. The van der Waals surface area contributed by atoms with Crippen molar-refractivity contribution in [3.05, 3.63) is 42.4 Å². The highest BCUT2D eigenvalue weighted by Gasteiger charge is 2.29. The van der Waals surface area contributed by atoms with Gasteiger partial charge >= 0.3 is 0 Å². The summed E-state index contributed by atoms with van der Waals surface area (Å²) in [7, 11) is -3.45. The molecule has 0 atom stereocenters. The van der Waals surface area contributed by atoms with Gasteiger partial charge in [-0.2, -0.15) is 4.31 Å². The average molecular weight is 306 g/mol. The highest BCUT2D eigenvalue weighted by atomic mass is 32.2. The maximum Gasteiger partial charge on any atom is 0.260 e. The van der Waals surface area contributed by atoms with Gasteiger partial charge in [0.05, 0.1) is 12.5 Å². The van der Waals surface area contributed by atoms with Crippen LogP contribution >= 0.6 is 0 Å². The van der Waals surface area contributed by atoms with Crippen LogP contribution in [0.15, 0.2) is 41.8 Å². The molecule has 0 bridgehead atoms. The van der Waals surface area contributed by atoms with Crippen molar-refractivity contribution in [3.63, 3.8) is 0 Å². The first-order valence-corrected chi connectivity index (χ1v) is 8.32. The lowest BCUT2D eigenvalue weighted by molar-refractivity contribution is 0.383. The third kappa shape index (κ3) is 2.66. The number of benzene rings is 1. The number of H-pyrrole nitrogens is 1. The maximum absolute atomic E-state index is 12.4. The van der Waals surface area contributed by atoms with Crippen LogP contribution in [0.25, 0.3) is 0 Å². The van der Waals surface area contributed by atoms with Crippen molar-refractivity contribution < 1.29 is 8.42 Å². The maximum atomic E-state index is 12.4. The molecule has 1 aliphatic heterocycles. The normalized spacial score (nSPS) is 17.1. The minimum absolute atomic E-state index is 0.159. The number of hydrogen-bond donors (Lipinski definition) is 1. The van der Waals surface area contributed by atoms with Gasteiger partial charge in [-0.25, -0.2) is 13.4 Å². The molecule has 1 aromatic heterocycles. The van der Waals surface area contributed by atoms with Crippen LogP contribution < -0.4 is 4.90 Å². The molecule has 1 aromatic carbocycles. The van der Waals surface area contributed by atoms with Crippen molar-refractivity contribution in [1.29, 1.82) is 0 Å². The third-order valence-electron chi connectivity index (χ3n) is 3.79. The predicted octanol–water partition coefficient (Wildman–Crippen LogP) is 1.23. The molecular weight excluding hydrogens is 288 g/mol. The molecule has 0 aliphatic carbocycles. The van der Waals surface area contributed by atoms with Crippen molar-refractivity contribution >= 4 is 15.7 Å². The Morgan fingerprint density at radius 3 is 2.48 bits per heavy atom. The molecule has 0 amide bonds. The Labute approximate surface area is 124 Å². The highest BCUT2D eigenvalue weighted by molar-refractivity contribution is 7.89. The fraction of sp³-hybridized carbons (Fsp3) is 0.357. The first-order valence-electron chi connectivity index (χ1n) is 6.88. The Morgan fingerprint density at radius 1 is 1.14 bits per heavy atom. The molecule has 1 N–H and O–H groups in total.